The van der Waals surface area contributed by atoms with Gasteiger partial charge in [0.05, 0.1) is 7.11 Å². The fourth-order valence-corrected chi connectivity index (χ4v) is 3.49. The molecular formula is C20H27N3O. The van der Waals surface area contributed by atoms with Gasteiger partial charge in [0.1, 0.15) is 5.75 Å². The predicted octanol–water partition coefficient (Wildman–Crippen LogP) is 3.32. The average Bonchev–Trinajstić information content (AvgIpc) is 2.59. The molecule has 0 amide bonds. The monoisotopic (exact) mass is 325 g/mol. The van der Waals surface area contributed by atoms with Crippen LogP contribution in [0.25, 0.3) is 11.1 Å². The smallest absolute Gasteiger partial charge is 0.123 e. The summed E-state index contributed by atoms with van der Waals surface area (Å²) in [7, 11) is 1.74. The van der Waals surface area contributed by atoms with Crippen LogP contribution < -0.4 is 10.5 Å². The number of piperidine rings is 1. The lowest BCUT2D eigenvalue weighted by atomic mass is 9.79. The standard InChI is InChI=1S/C20H27N3O/c1-20(2)14-23(11-8-19(20)21)13-17-12-16(4-5-18(17)24-3)15-6-9-22-10-7-15/h4-7,9-10,12,19H,8,11,13-14,21H2,1-3H3. The third kappa shape index (κ3) is 3.60. The van der Waals surface area contributed by atoms with E-state index in [0.29, 0.717) is 0 Å². The Bertz CT molecular complexity index is 685. The molecule has 2 heterocycles. The van der Waals surface area contributed by atoms with Crippen molar-refractivity contribution >= 4 is 0 Å². The molecule has 1 saturated heterocycles. The molecule has 0 bridgehead atoms. The van der Waals surface area contributed by atoms with Gasteiger partial charge >= 0.3 is 0 Å². The quantitative estimate of drug-likeness (QED) is 0.937. The summed E-state index contributed by atoms with van der Waals surface area (Å²) in [6, 6.07) is 10.7. The lowest BCUT2D eigenvalue weighted by Crippen LogP contribution is -2.52. The van der Waals surface area contributed by atoms with Crippen molar-refractivity contribution in [1.82, 2.24) is 9.88 Å². The van der Waals surface area contributed by atoms with Crippen molar-refractivity contribution in [2.45, 2.75) is 32.9 Å². The fraction of sp³-hybridized carbons (Fsp3) is 0.450. The third-order valence-corrected chi connectivity index (χ3v) is 5.08. The molecule has 2 N–H and O–H groups in total. The number of benzene rings is 1. The Labute approximate surface area is 144 Å². The molecule has 128 valence electrons. The molecule has 4 heteroatoms. The Morgan fingerprint density at radius 3 is 2.62 bits per heavy atom. The van der Waals surface area contributed by atoms with Crippen molar-refractivity contribution in [3.8, 4) is 16.9 Å². The minimum absolute atomic E-state index is 0.147. The van der Waals surface area contributed by atoms with Crippen LogP contribution in [-0.2, 0) is 6.54 Å². The fourth-order valence-electron chi connectivity index (χ4n) is 3.49. The molecule has 24 heavy (non-hydrogen) atoms. The van der Waals surface area contributed by atoms with Crippen molar-refractivity contribution in [3.05, 3.63) is 48.3 Å². The van der Waals surface area contributed by atoms with E-state index in [1.807, 2.05) is 24.5 Å². The Hall–Kier alpha value is -1.91. The molecular weight excluding hydrogens is 298 g/mol. The molecule has 1 unspecified atom stereocenters. The number of rotatable bonds is 4. The second-order valence-corrected chi connectivity index (χ2v) is 7.36. The van der Waals surface area contributed by atoms with E-state index < -0.39 is 0 Å². The van der Waals surface area contributed by atoms with E-state index >= 15 is 0 Å². The molecule has 0 radical (unpaired) electrons. The van der Waals surface area contributed by atoms with E-state index in [9.17, 15) is 0 Å². The third-order valence-electron chi connectivity index (χ3n) is 5.08. The number of hydrogen-bond donors (Lipinski definition) is 1. The average molecular weight is 325 g/mol. The van der Waals surface area contributed by atoms with Crippen LogP contribution in [0.2, 0.25) is 0 Å². The van der Waals surface area contributed by atoms with E-state index in [4.69, 9.17) is 10.5 Å². The van der Waals surface area contributed by atoms with Crippen molar-refractivity contribution in [3.63, 3.8) is 0 Å². The van der Waals surface area contributed by atoms with Crippen LogP contribution in [-0.4, -0.2) is 36.1 Å². The topological polar surface area (TPSA) is 51.4 Å². The minimum Gasteiger partial charge on any atom is -0.496 e. The van der Waals surface area contributed by atoms with Gasteiger partial charge in [-0.25, -0.2) is 0 Å². The van der Waals surface area contributed by atoms with Gasteiger partial charge in [-0.2, -0.15) is 0 Å². The molecule has 1 aliphatic heterocycles. The number of ether oxygens (including phenoxy) is 1. The molecule has 2 aromatic rings. The number of likely N-dealkylation sites (tertiary alicyclic amines) is 1. The minimum atomic E-state index is 0.147. The molecule has 3 rings (SSSR count). The van der Waals surface area contributed by atoms with Crippen LogP contribution in [0.1, 0.15) is 25.8 Å². The highest BCUT2D eigenvalue weighted by molar-refractivity contribution is 5.65. The van der Waals surface area contributed by atoms with Crippen molar-refractivity contribution in [1.29, 1.82) is 0 Å². The van der Waals surface area contributed by atoms with Crippen LogP contribution in [0.15, 0.2) is 42.7 Å². The van der Waals surface area contributed by atoms with Gasteiger partial charge in [0.2, 0.25) is 0 Å². The maximum absolute atomic E-state index is 6.27. The first-order chi connectivity index (χ1) is 11.5. The highest BCUT2D eigenvalue weighted by atomic mass is 16.5. The lowest BCUT2D eigenvalue weighted by Gasteiger charge is -2.42. The zero-order valence-electron chi connectivity index (χ0n) is 14.8. The van der Waals surface area contributed by atoms with E-state index in [1.165, 1.54) is 16.7 Å². The molecule has 1 atom stereocenters. The van der Waals surface area contributed by atoms with Crippen molar-refractivity contribution in [2.24, 2.45) is 11.1 Å². The summed E-state index contributed by atoms with van der Waals surface area (Å²) in [5, 5.41) is 0. The lowest BCUT2D eigenvalue weighted by molar-refractivity contribution is 0.0892. The maximum atomic E-state index is 6.27. The SMILES string of the molecule is COc1ccc(-c2ccncc2)cc1CN1CCC(N)C(C)(C)C1. The van der Waals surface area contributed by atoms with Gasteiger partial charge in [0.15, 0.2) is 0 Å². The van der Waals surface area contributed by atoms with Crippen molar-refractivity contribution in [2.75, 3.05) is 20.2 Å². The van der Waals surface area contributed by atoms with E-state index in [2.05, 4.69) is 41.9 Å². The summed E-state index contributed by atoms with van der Waals surface area (Å²) in [4.78, 5) is 6.58. The number of pyridine rings is 1. The highest BCUT2D eigenvalue weighted by Gasteiger charge is 2.33. The Kier molecular flexibility index (Phi) is 4.88. The molecule has 1 aromatic carbocycles. The summed E-state index contributed by atoms with van der Waals surface area (Å²) in [5.74, 6) is 0.945. The van der Waals surface area contributed by atoms with Gasteiger partial charge in [-0.15, -0.1) is 0 Å². The predicted molar refractivity (Wildman–Crippen MR) is 97.9 cm³/mol. The first-order valence-electron chi connectivity index (χ1n) is 8.55. The Morgan fingerprint density at radius 2 is 1.96 bits per heavy atom. The van der Waals surface area contributed by atoms with E-state index in [1.54, 1.807) is 7.11 Å². The van der Waals surface area contributed by atoms with Crippen LogP contribution >= 0.6 is 0 Å². The van der Waals surface area contributed by atoms with Gasteiger partial charge in [-0.3, -0.25) is 9.88 Å². The number of nitrogens with two attached hydrogens (primary N) is 1. The normalized spacial score (nSPS) is 20.8. The second kappa shape index (κ2) is 6.91. The first kappa shape index (κ1) is 16.9. The van der Waals surface area contributed by atoms with E-state index in [-0.39, 0.29) is 11.5 Å². The van der Waals surface area contributed by atoms with Crippen LogP contribution in [0.3, 0.4) is 0 Å². The van der Waals surface area contributed by atoms with Gasteiger partial charge in [0.25, 0.3) is 0 Å². The number of hydrogen-bond acceptors (Lipinski definition) is 4. The summed E-state index contributed by atoms with van der Waals surface area (Å²) in [5.41, 5.74) is 10.0. The Morgan fingerprint density at radius 1 is 1.21 bits per heavy atom. The van der Waals surface area contributed by atoms with Gasteiger partial charge < -0.3 is 10.5 Å². The molecule has 1 aromatic heterocycles. The molecule has 0 saturated carbocycles. The summed E-state index contributed by atoms with van der Waals surface area (Å²) in [6.45, 7) is 7.45. The summed E-state index contributed by atoms with van der Waals surface area (Å²) in [6.07, 6.45) is 4.70. The molecule has 0 spiro atoms. The molecule has 0 aliphatic carbocycles. The first-order valence-corrected chi connectivity index (χ1v) is 8.55. The van der Waals surface area contributed by atoms with Crippen LogP contribution in [0.5, 0.6) is 5.75 Å². The largest absolute Gasteiger partial charge is 0.496 e. The molecule has 1 fully saturated rings. The number of aromatic nitrogens is 1. The highest BCUT2D eigenvalue weighted by Crippen LogP contribution is 2.32. The van der Waals surface area contributed by atoms with Gasteiger partial charge in [-0.1, -0.05) is 19.9 Å². The summed E-state index contributed by atoms with van der Waals surface area (Å²) >= 11 is 0. The number of nitrogens with zero attached hydrogens (tertiary/aromatic N) is 2. The zero-order valence-corrected chi connectivity index (χ0v) is 14.8. The van der Waals surface area contributed by atoms with Crippen molar-refractivity contribution < 1.29 is 4.74 Å². The van der Waals surface area contributed by atoms with Crippen LogP contribution in [0, 0.1) is 5.41 Å². The Balaban J connectivity index is 1.84. The number of methoxy groups -OCH3 is 1. The summed E-state index contributed by atoms with van der Waals surface area (Å²) < 4.78 is 5.59. The maximum Gasteiger partial charge on any atom is 0.123 e. The van der Waals surface area contributed by atoms with Crippen LogP contribution in [0.4, 0.5) is 0 Å². The second-order valence-electron chi connectivity index (χ2n) is 7.36. The zero-order chi connectivity index (χ0) is 17.2. The van der Waals surface area contributed by atoms with E-state index in [0.717, 1.165) is 31.8 Å². The molecule has 4 nitrogen and oxygen atoms in total. The molecule has 1 aliphatic rings. The van der Waals surface area contributed by atoms with Gasteiger partial charge in [0, 0.05) is 43.6 Å². The van der Waals surface area contributed by atoms with Gasteiger partial charge in [-0.05, 0) is 47.2 Å².